The molecule has 0 fully saturated rings. The van der Waals surface area contributed by atoms with Crippen LogP contribution in [0, 0.1) is 0 Å². The van der Waals surface area contributed by atoms with Crippen LogP contribution >= 0.6 is 0 Å². The second-order valence-electron chi connectivity index (χ2n) is 7.01. The number of hydrogen-bond donors (Lipinski definition) is 5. The van der Waals surface area contributed by atoms with Crippen molar-refractivity contribution >= 4 is 44.7 Å². The minimum absolute atomic E-state index is 0.0674. The molecule has 0 radical (unpaired) electrons. The number of carbonyl (C=O) groups is 2. The molecular weight excluding hydrogens is 446 g/mol. The van der Waals surface area contributed by atoms with Crippen molar-refractivity contribution < 1.29 is 23.1 Å². The van der Waals surface area contributed by atoms with Crippen LogP contribution in [0.25, 0.3) is 22.2 Å². The molecule has 3 aromatic carbocycles. The fraction of sp³-hybridized carbons (Fsp3) is 0.0455. The standard InChI is InChI=1S/C22H19N5O5S/c28-20(29)13-23-33(31,32)17-8-4-6-15(12-17)14-5-3-7-16(11-14)24-22(30)27-21-25-18-9-1-2-10-19(18)26-21/h1-12,23H,13H2,(H,28,29)(H3,24,25,26,27,30). The third kappa shape index (κ3) is 5.34. The summed E-state index contributed by atoms with van der Waals surface area (Å²) in [6.45, 7) is -0.716. The van der Waals surface area contributed by atoms with Crippen LogP contribution in [0.5, 0.6) is 0 Å². The highest BCUT2D eigenvalue weighted by Gasteiger charge is 2.16. The van der Waals surface area contributed by atoms with Gasteiger partial charge in [0.2, 0.25) is 16.0 Å². The Labute approximate surface area is 188 Å². The number of urea groups is 1. The Bertz CT molecular complexity index is 1420. The summed E-state index contributed by atoms with van der Waals surface area (Å²) in [6, 6.07) is 19.8. The van der Waals surface area contributed by atoms with Gasteiger partial charge < -0.3 is 15.4 Å². The van der Waals surface area contributed by atoms with Crippen molar-refractivity contribution in [2.75, 3.05) is 17.2 Å². The van der Waals surface area contributed by atoms with Gasteiger partial charge in [-0.2, -0.15) is 4.72 Å². The first kappa shape index (κ1) is 22.0. The molecule has 0 aliphatic rings. The number of nitrogens with zero attached hydrogens (tertiary/aromatic N) is 1. The summed E-state index contributed by atoms with van der Waals surface area (Å²) in [4.78, 5) is 30.3. The lowest BCUT2D eigenvalue weighted by Crippen LogP contribution is -2.29. The highest BCUT2D eigenvalue weighted by atomic mass is 32.2. The van der Waals surface area contributed by atoms with Crippen molar-refractivity contribution in [2.24, 2.45) is 0 Å². The van der Waals surface area contributed by atoms with Crippen molar-refractivity contribution in [3.63, 3.8) is 0 Å². The molecule has 0 atom stereocenters. The number of carboxylic acids is 1. The van der Waals surface area contributed by atoms with Crippen LogP contribution in [0.15, 0.2) is 77.7 Å². The van der Waals surface area contributed by atoms with Crippen LogP contribution in [0.3, 0.4) is 0 Å². The lowest BCUT2D eigenvalue weighted by molar-refractivity contribution is -0.135. The number of fused-ring (bicyclic) bond motifs is 1. The van der Waals surface area contributed by atoms with E-state index in [-0.39, 0.29) is 4.90 Å². The van der Waals surface area contributed by atoms with Crippen molar-refractivity contribution in [2.45, 2.75) is 4.90 Å². The van der Waals surface area contributed by atoms with Gasteiger partial charge >= 0.3 is 12.0 Å². The maximum Gasteiger partial charge on any atom is 0.326 e. The van der Waals surface area contributed by atoms with Crippen molar-refractivity contribution in [3.05, 3.63) is 72.8 Å². The molecule has 0 spiro atoms. The molecule has 0 aliphatic carbocycles. The molecule has 4 aromatic rings. The Kier molecular flexibility index (Phi) is 6.07. The van der Waals surface area contributed by atoms with E-state index in [4.69, 9.17) is 5.11 Å². The Hall–Kier alpha value is -4.22. The Morgan fingerprint density at radius 1 is 0.909 bits per heavy atom. The number of carboxylic acid groups (broad SMARTS) is 1. The number of sulfonamides is 1. The predicted octanol–water partition coefficient (Wildman–Crippen LogP) is 3.24. The van der Waals surface area contributed by atoms with Crippen LogP contribution in [0.1, 0.15) is 0 Å². The SMILES string of the molecule is O=C(O)CNS(=O)(=O)c1cccc(-c2cccc(NC(=O)Nc3nc4ccccc4[nH]3)c2)c1. The van der Waals surface area contributed by atoms with E-state index in [0.29, 0.717) is 22.8 Å². The number of H-pyrrole nitrogens is 1. The van der Waals surface area contributed by atoms with Crippen molar-refractivity contribution in [1.29, 1.82) is 0 Å². The number of carbonyl (C=O) groups excluding carboxylic acids is 1. The number of rotatable bonds is 7. The van der Waals surface area contributed by atoms with Gasteiger partial charge in [0.05, 0.1) is 15.9 Å². The van der Waals surface area contributed by atoms with Crippen LogP contribution in [-0.4, -0.2) is 42.0 Å². The summed E-state index contributed by atoms with van der Waals surface area (Å²) in [7, 11) is -3.98. The van der Waals surface area contributed by atoms with E-state index in [1.807, 2.05) is 29.0 Å². The number of aliphatic carboxylic acids is 1. The van der Waals surface area contributed by atoms with E-state index in [1.165, 1.54) is 12.1 Å². The molecule has 0 unspecified atom stereocenters. The van der Waals surface area contributed by atoms with Crippen molar-refractivity contribution in [3.8, 4) is 11.1 Å². The first-order valence-electron chi connectivity index (χ1n) is 9.75. The highest BCUT2D eigenvalue weighted by molar-refractivity contribution is 7.89. The highest BCUT2D eigenvalue weighted by Crippen LogP contribution is 2.25. The molecule has 0 aliphatic heterocycles. The summed E-state index contributed by atoms with van der Waals surface area (Å²) < 4.78 is 26.7. The molecule has 1 aromatic heterocycles. The number of anilines is 2. The topological polar surface area (TPSA) is 153 Å². The average molecular weight is 465 g/mol. The van der Waals surface area contributed by atoms with Gasteiger partial charge in [0.25, 0.3) is 0 Å². The predicted molar refractivity (Wildman–Crippen MR) is 123 cm³/mol. The third-order valence-electron chi connectivity index (χ3n) is 4.63. The van der Waals surface area contributed by atoms with Crippen LogP contribution in [-0.2, 0) is 14.8 Å². The maximum atomic E-state index is 12.4. The molecule has 0 saturated carbocycles. The zero-order valence-corrected chi connectivity index (χ0v) is 17.9. The fourth-order valence-electron chi connectivity index (χ4n) is 3.14. The molecule has 4 rings (SSSR count). The van der Waals surface area contributed by atoms with Crippen LogP contribution in [0.4, 0.5) is 16.4 Å². The van der Waals surface area contributed by atoms with E-state index in [2.05, 4.69) is 20.6 Å². The molecule has 168 valence electrons. The number of benzene rings is 3. The quantitative estimate of drug-likeness (QED) is 0.282. The van der Waals surface area contributed by atoms with Gasteiger partial charge in [0, 0.05) is 5.69 Å². The molecule has 33 heavy (non-hydrogen) atoms. The zero-order chi connectivity index (χ0) is 23.4. The van der Waals surface area contributed by atoms with Gasteiger partial charge in [-0.15, -0.1) is 0 Å². The molecular formula is C22H19N5O5S. The zero-order valence-electron chi connectivity index (χ0n) is 17.1. The van der Waals surface area contributed by atoms with Crippen molar-refractivity contribution in [1.82, 2.24) is 14.7 Å². The number of nitrogens with one attached hydrogen (secondary N) is 4. The summed E-state index contributed by atoms with van der Waals surface area (Å²) in [5, 5.41) is 14.1. The van der Waals surface area contributed by atoms with Gasteiger partial charge in [-0.3, -0.25) is 10.1 Å². The number of amides is 2. The van der Waals surface area contributed by atoms with Gasteiger partial charge in [0.1, 0.15) is 6.54 Å². The Balaban J connectivity index is 1.49. The smallest absolute Gasteiger partial charge is 0.326 e. The summed E-state index contributed by atoms with van der Waals surface area (Å²) in [5.74, 6) is -0.981. The van der Waals surface area contributed by atoms with Gasteiger partial charge in [-0.1, -0.05) is 36.4 Å². The van der Waals surface area contributed by atoms with E-state index in [0.717, 1.165) is 11.0 Å². The average Bonchev–Trinajstić information content (AvgIpc) is 3.20. The van der Waals surface area contributed by atoms with Gasteiger partial charge in [-0.25, -0.2) is 18.2 Å². The van der Waals surface area contributed by atoms with Gasteiger partial charge in [0.15, 0.2) is 0 Å². The minimum atomic E-state index is -3.98. The van der Waals surface area contributed by atoms with Gasteiger partial charge in [-0.05, 0) is 47.5 Å². The lowest BCUT2D eigenvalue weighted by atomic mass is 10.1. The first-order chi connectivity index (χ1) is 15.8. The normalized spacial score (nSPS) is 11.3. The minimum Gasteiger partial charge on any atom is -0.480 e. The number of hydrogen-bond acceptors (Lipinski definition) is 5. The lowest BCUT2D eigenvalue weighted by Gasteiger charge is -2.10. The van der Waals surface area contributed by atoms with E-state index in [1.54, 1.807) is 36.4 Å². The Morgan fingerprint density at radius 2 is 1.64 bits per heavy atom. The van der Waals surface area contributed by atoms with E-state index >= 15 is 0 Å². The number of imidazole rings is 1. The largest absolute Gasteiger partial charge is 0.480 e. The monoisotopic (exact) mass is 465 g/mol. The number of aromatic nitrogens is 2. The number of aromatic amines is 1. The van der Waals surface area contributed by atoms with Crippen LogP contribution in [0.2, 0.25) is 0 Å². The first-order valence-corrected chi connectivity index (χ1v) is 11.2. The molecule has 0 bridgehead atoms. The Morgan fingerprint density at radius 3 is 2.39 bits per heavy atom. The molecule has 10 nitrogen and oxygen atoms in total. The molecule has 1 heterocycles. The maximum absolute atomic E-state index is 12.4. The van der Waals surface area contributed by atoms with E-state index in [9.17, 15) is 18.0 Å². The second-order valence-corrected chi connectivity index (χ2v) is 8.78. The fourth-order valence-corrected chi connectivity index (χ4v) is 4.16. The molecule has 0 saturated heterocycles. The molecule has 2 amide bonds. The van der Waals surface area contributed by atoms with Crippen LogP contribution < -0.4 is 15.4 Å². The molecule has 5 N–H and O–H groups in total. The molecule has 11 heteroatoms. The summed E-state index contributed by atoms with van der Waals surface area (Å²) >= 11 is 0. The summed E-state index contributed by atoms with van der Waals surface area (Å²) in [6.07, 6.45) is 0. The third-order valence-corrected chi connectivity index (χ3v) is 6.03. The second kappa shape index (κ2) is 9.10. The number of para-hydroxylation sites is 2. The summed E-state index contributed by atoms with van der Waals surface area (Å²) in [5.41, 5.74) is 3.24. The van der Waals surface area contributed by atoms with E-state index < -0.39 is 28.6 Å².